The van der Waals surface area contributed by atoms with Crippen molar-refractivity contribution in [2.24, 2.45) is 0 Å². The lowest BCUT2D eigenvalue weighted by Crippen LogP contribution is -2.06. The van der Waals surface area contributed by atoms with Crippen molar-refractivity contribution in [2.75, 3.05) is 7.11 Å². The van der Waals surface area contributed by atoms with Crippen molar-refractivity contribution >= 4 is 9.04 Å². The molecular weight excluding hydrogens is 92.1 g/mol. The van der Waals surface area contributed by atoms with Crippen molar-refractivity contribution in [3.8, 4) is 0 Å². The SMILES string of the molecule is CC[Si](C)OC. The molecule has 0 fully saturated rings. The van der Waals surface area contributed by atoms with E-state index in [4.69, 9.17) is 4.43 Å². The molecule has 0 atom stereocenters. The minimum absolute atomic E-state index is 0.368. The quantitative estimate of drug-likeness (QED) is 0.478. The van der Waals surface area contributed by atoms with Crippen LogP contribution < -0.4 is 0 Å². The Labute approximate surface area is 41.0 Å². The van der Waals surface area contributed by atoms with E-state index in [0.29, 0.717) is 0 Å². The van der Waals surface area contributed by atoms with E-state index in [1.165, 1.54) is 6.04 Å². The molecule has 1 radical (unpaired) electrons. The second-order valence-corrected chi connectivity index (χ2v) is 3.78. The summed E-state index contributed by atoms with van der Waals surface area (Å²) in [5.74, 6) is 0. The Kier molecular flexibility index (Phi) is 3.47. The molecule has 0 saturated carbocycles. The minimum atomic E-state index is -0.368. The summed E-state index contributed by atoms with van der Waals surface area (Å²) < 4.78 is 5.00. The average molecular weight is 103 g/mol. The van der Waals surface area contributed by atoms with Crippen molar-refractivity contribution in [1.82, 2.24) is 0 Å². The van der Waals surface area contributed by atoms with Gasteiger partial charge in [0.25, 0.3) is 0 Å². The predicted molar refractivity (Wildman–Crippen MR) is 29.1 cm³/mol. The van der Waals surface area contributed by atoms with Crippen molar-refractivity contribution in [3.05, 3.63) is 0 Å². The maximum Gasteiger partial charge on any atom is 0.207 e. The van der Waals surface area contributed by atoms with Gasteiger partial charge in [0.05, 0.1) is 0 Å². The summed E-state index contributed by atoms with van der Waals surface area (Å²) >= 11 is 0. The lowest BCUT2D eigenvalue weighted by atomic mass is 11.0. The van der Waals surface area contributed by atoms with Crippen LogP contribution >= 0.6 is 0 Å². The molecule has 0 aromatic rings. The van der Waals surface area contributed by atoms with E-state index in [2.05, 4.69) is 13.5 Å². The minimum Gasteiger partial charge on any atom is -0.420 e. The molecule has 0 rings (SSSR count). The summed E-state index contributed by atoms with van der Waals surface area (Å²) in [6.45, 7) is 4.31. The molecule has 0 N–H and O–H groups in total. The van der Waals surface area contributed by atoms with E-state index in [-0.39, 0.29) is 9.04 Å². The summed E-state index contributed by atoms with van der Waals surface area (Å²) in [7, 11) is 1.41. The first-order valence-corrected chi connectivity index (χ1v) is 4.29. The normalized spacial score (nSPS) is 10.0. The summed E-state index contributed by atoms with van der Waals surface area (Å²) in [6, 6.07) is 1.21. The Morgan fingerprint density at radius 2 is 2.17 bits per heavy atom. The van der Waals surface area contributed by atoms with Gasteiger partial charge in [0.15, 0.2) is 0 Å². The van der Waals surface area contributed by atoms with E-state index in [1.54, 1.807) is 7.11 Å². The Morgan fingerprint density at radius 1 is 1.67 bits per heavy atom. The standard InChI is InChI=1S/C4H11OSi/c1-4-6(3)5-2/h4H2,1-3H3. The second kappa shape index (κ2) is 3.37. The van der Waals surface area contributed by atoms with Crippen LogP contribution in [0.25, 0.3) is 0 Å². The van der Waals surface area contributed by atoms with Gasteiger partial charge >= 0.3 is 0 Å². The highest BCUT2D eigenvalue weighted by Crippen LogP contribution is 1.86. The van der Waals surface area contributed by atoms with Gasteiger partial charge in [-0.25, -0.2) is 0 Å². The number of rotatable bonds is 2. The largest absolute Gasteiger partial charge is 0.420 e. The first-order chi connectivity index (χ1) is 2.81. The maximum absolute atomic E-state index is 5.00. The summed E-state index contributed by atoms with van der Waals surface area (Å²) in [5, 5.41) is 0. The monoisotopic (exact) mass is 103 g/mol. The zero-order valence-corrected chi connectivity index (χ0v) is 5.62. The molecule has 0 bridgehead atoms. The van der Waals surface area contributed by atoms with E-state index in [1.807, 2.05) is 0 Å². The van der Waals surface area contributed by atoms with Gasteiger partial charge in [-0.1, -0.05) is 6.92 Å². The fraction of sp³-hybridized carbons (Fsp3) is 1.00. The third-order valence-electron chi connectivity index (χ3n) is 0.846. The topological polar surface area (TPSA) is 9.23 Å². The number of hydrogen-bond acceptors (Lipinski definition) is 1. The van der Waals surface area contributed by atoms with Crippen molar-refractivity contribution < 1.29 is 4.43 Å². The van der Waals surface area contributed by atoms with Crippen LogP contribution in [0.4, 0.5) is 0 Å². The molecule has 0 aliphatic carbocycles. The zero-order valence-electron chi connectivity index (χ0n) is 4.62. The molecule has 0 aliphatic heterocycles. The van der Waals surface area contributed by atoms with Crippen molar-refractivity contribution in [1.29, 1.82) is 0 Å². The van der Waals surface area contributed by atoms with Crippen LogP contribution in [0.5, 0.6) is 0 Å². The van der Waals surface area contributed by atoms with Crippen LogP contribution in [-0.4, -0.2) is 16.2 Å². The van der Waals surface area contributed by atoms with Crippen LogP contribution in [-0.2, 0) is 4.43 Å². The van der Waals surface area contributed by atoms with Gasteiger partial charge in [0.1, 0.15) is 0 Å². The lowest BCUT2D eigenvalue weighted by molar-refractivity contribution is 0.425. The van der Waals surface area contributed by atoms with Crippen molar-refractivity contribution in [3.63, 3.8) is 0 Å². The Bertz CT molecular complexity index is 26.7. The van der Waals surface area contributed by atoms with Crippen LogP contribution in [0.1, 0.15) is 6.92 Å². The lowest BCUT2D eigenvalue weighted by Gasteiger charge is -1.97. The van der Waals surface area contributed by atoms with Gasteiger partial charge in [-0.05, 0) is 12.6 Å². The molecule has 0 amide bonds. The van der Waals surface area contributed by atoms with Gasteiger partial charge in [-0.2, -0.15) is 0 Å². The van der Waals surface area contributed by atoms with Crippen LogP contribution in [0.3, 0.4) is 0 Å². The Balaban J connectivity index is 2.75. The summed E-state index contributed by atoms with van der Waals surface area (Å²) in [4.78, 5) is 0. The van der Waals surface area contributed by atoms with E-state index < -0.39 is 0 Å². The first kappa shape index (κ1) is 6.18. The molecule has 37 valence electrons. The summed E-state index contributed by atoms with van der Waals surface area (Å²) in [6.07, 6.45) is 0. The number of hydrogen-bond donors (Lipinski definition) is 0. The molecule has 0 spiro atoms. The smallest absolute Gasteiger partial charge is 0.207 e. The molecule has 1 nitrogen and oxygen atoms in total. The first-order valence-electron chi connectivity index (χ1n) is 2.17. The van der Waals surface area contributed by atoms with Gasteiger partial charge in [0.2, 0.25) is 9.04 Å². The Morgan fingerprint density at radius 3 is 2.17 bits per heavy atom. The molecule has 0 aromatic carbocycles. The second-order valence-electron chi connectivity index (χ2n) is 1.26. The molecule has 0 aromatic heterocycles. The molecule has 0 unspecified atom stereocenters. The fourth-order valence-electron chi connectivity index (χ4n) is 0.144. The third-order valence-corrected chi connectivity index (χ3v) is 2.54. The predicted octanol–water partition coefficient (Wildman–Crippen LogP) is 1.27. The summed E-state index contributed by atoms with van der Waals surface area (Å²) in [5.41, 5.74) is 0. The fourth-order valence-corrected chi connectivity index (χ4v) is 0.433. The molecular formula is C4H11OSi. The molecule has 0 saturated heterocycles. The molecule has 6 heavy (non-hydrogen) atoms. The van der Waals surface area contributed by atoms with E-state index in [0.717, 1.165) is 0 Å². The molecule has 0 aliphatic rings. The van der Waals surface area contributed by atoms with Crippen LogP contribution in [0.2, 0.25) is 12.6 Å². The molecule has 2 heteroatoms. The highest BCUT2D eigenvalue weighted by Gasteiger charge is 1.94. The van der Waals surface area contributed by atoms with E-state index in [9.17, 15) is 0 Å². The van der Waals surface area contributed by atoms with Crippen LogP contribution in [0, 0.1) is 0 Å². The van der Waals surface area contributed by atoms with Gasteiger partial charge < -0.3 is 4.43 Å². The van der Waals surface area contributed by atoms with Crippen LogP contribution in [0.15, 0.2) is 0 Å². The van der Waals surface area contributed by atoms with Gasteiger partial charge in [-0.3, -0.25) is 0 Å². The zero-order chi connectivity index (χ0) is 4.99. The highest BCUT2D eigenvalue weighted by molar-refractivity contribution is 6.49. The van der Waals surface area contributed by atoms with Gasteiger partial charge in [0, 0.05) is 7.11 Å². The maximum atomic E-state index is 5.00. The van der Waals surface area contributed by atoms with Crippen molar-refractivity contribution in [2.45, 2.75) is 19.5 Å². The average Bonchev–Trinajstić information content (AvgIpc) is 1.65. The van der Waals surface area contributed by atoms with E-state index >= 15 is 0 Å². The Hall–Kier alpha value is 0.177. The molecule has 0 heterocycles. The third kappa shape index (κ3) is 2.42. The van der Waals surface area contributed by atoms with Gasteiger partial charge in [-0.15, -0.1) is 0 Å². The highest BCUT2D eigenvalue weighted by atomic mass is 28.3.